The summed E-state index contributed by atoms with van der Waals surface area (Å²) in [4.78, 5) is 12.2. The van der Waals surface area contributed by atoms with Crippen molar-refractivity contribution in [3.63, 3.8) is 0 Å². The molecule has 6 heteroatoms. The fraction of sp³-hybridized carbons (Fsp3) is 0.125. The highest BCUT2D eigenvalue weighted by atomic mass is 32.2. The van der Waals surface area contributed by atoms with E-state index in [0.29, 0.717) is 11.4 Å². The number of anilines is 2. The summed E-state index contributed by atoms with van der Waals surface area (Å²) in [6.07, 6.45) is 3.16. The van der Waals surface area contributed by atoms with Crippen LogP contribution in [0, 0.1) is 20.8 Å². The van der Waals surface area contributed by atoms with Crippen LogP contribution in [0.15, 0.2) is 77.7 Å². The molecule has 5 nitrogen and oxygen atoms in total. The number of hydrogen-bond acceptors (Lipinski definition) is 3. The molecule has 0 aliphatic carbocycles. The quantitative estimate of drug-likeness (QED) is 0.547. The highest BCUT2D eigenvalue weighted by molar-refractivity contribution is 7.92. The number of benzene rings is 3. The van der Waals surface area contributed by atoms with Gasteiger partial charge in [0.1, 0.15) is 0 Å². The van der Waals surface area contributed by atoms with Gasteiger partial charge in [0.2, 0.25) is 5.91 Å². The van der Waals surface area contributed by atoms with Crippen LogP contribution in [0.2, 0.25) is 0 Å². The van der Waals surface area contributed by atoms with Crippen molar-refractivity contribution in [3.8, 4) is 0 Å². The maximum Gasteiger partial charge on any atom is 0.261 e. The van der Waals surface area contributed by atoms with Gasteiger partial charge < -0.3 is 5.32 Å². The fourth-order valence-corrected chi connectivity index (χ4v) is 4.04. The van der Waals surface area contributed by atoms with Crippen molar-refractivity contribution >= 4 is 33.4 Å². The number of hydrogen-bond donors (Lipinski definition) is 2. The minimum Gasteiger partial charge on any atom is -0.323 e. The van der Waals surface area contributed by atoms with Gasteiger partial charge in [-0.3, -0.25) is 9.52 Å². The molecular formula is C24H24N2O3S. The van der Waals surface area contributed by atoms with Gasteiger partial charge in [-0.25, -0.2) is 8.42 Å². The van der Waals surface area contributed by atoms with E-state index in [1.807, 2.05) is 51.1 Å². The Hall–Kier alpha value is -3.38. The first-order valence-electron chi connectivity index (χ1n) is 9.48. The summed E-state index contributed by atoms with van der Waals surface area (Å²) in [5.41, 5.74) is 5.06. The van der Waals surface area contributed by atoms with Gasteiger partial charge in [0.15, 0.2) is 0 Å². The summed E-state index contributed by atoms with van der Waals surface area (Å²) in [6, 6.07) is 19.4. The first-order chi connectivity index (χ1) is 14.2. The second kappa shape index (κ2) is 8.97. The highest BCUT2D eigenvalue weighted by Crippen LogP contribution is 2.20. The molecule has 0 aliphatic heterocycles. The number of aryl methyl sites for hydroxylation is 3. The Morgan fingerprint density at radius 1 is 0.767 bits per heavy atom. The summed E-state index contributed by atoms with van der Waals surface area (Å²) in [5.74, 6) is -0.292. The van der Waals surface area contributed by atoms with E-state index in [-0.39, 0.29) is 10.8 Å². The lowest BCUT2D eigenvalue weighted by atomic mass is 10.1. The molecule has 0 radical (unpaired) electrons. The third kappa shape index (κ3) is 5.81. The highest BCUT2D eigenvalue weighted by Gasteiger charge is 2.14. The number of nitrogens with one attached hydrogen (secondary N) is 2. The fourth-order valence-electron chi connectivity index (χ4n) is 3.00. The first kappa shape index (κ1) is 21.3. The van der Waals surface area contributed by atoms with Gasteiger partial charge in [-0.15, -0.1) is 0 Å². The Morgan fingerprint density at radius 3 is 1.97 bits per heavy atom. The van der Waals surface area contributed by atoms with Crippen molar-refractivity contribution in [2.24, 2.45) is 0 Å². The molecule has 0 heterocycles. The van der Waals surface area contributed by atoms with Crippen molar-refractivity contribution in [2.45, 2.75) is 25.7 Å². The molecule has 0 aromatic heterocycles. The van der Waals surface area contributed by atoms with Crippen LogP contribution in [0.3, 0.4) is 0 Å². The summed E-state index contributed by atoms with van der Waals surface area (Å²) in [6.45, 7) is 5.83. The molecule has 0 spiro atoms. The van der Waals surface area contributed by atoms with E-state index in [2.05, 4.69) is 10.0 Å². The van der Waals surface area contributed by atoms with E-state index in [0.717, 1.165) is 22.3 Å². The Balaban J connectivity index is 1.66. The zero-order valence-electron chi connectivity index (χ0n) is 17.1. The minimum absolute atomic E-state index is 0.120. The molecule has 0 fully saturated rings. The third-order valence-electron chi connectivity index (χ3n) is 4.41. The molecule has 3 rings (SSSR count). The second-order valence-electron chi connectivity index (χ2n) is 7.24. The van der Waals surface area contributed by atoms with Crippen molar-refractivity contribution < 1.29 is 13.2 Å². The van der Waals surface area contributed by atoms with Gasteiger partial charge in [-0.2, -0.15) is 0 Å². The van der Waals surface area contributed by atoms with Gasteiger partial charge in [0, 0.05) is 17.5 Å². The van der Waals surface area contributed by atoms with E-state index < -0.39 is 10.0 Å². The maximum atomic E-state index is 12.6. The van der Waals surface area contributed by atoms with Crippen molar-refractivity contribution in [2.75, 3.05) is 10.0 Å². The van der Waals surface area contributed by atoms with Crippen LogP contribution in [0.25, 0.3) is 6.08 Å². The molecule has 3 aromatic rings. The molecule has 2 N–H and O–H groups in total. The molecule has 0 unspecified atom stereocenters. The van der Waals surface area contributed by atoms with E-state index in [4.69, 9.17) is 0 Å². The largest absolute Gasteiger partial charge is 0.323 e. The maximum absolute atomic E-state index is 12.6. The first-order valence-corrected chi connectivity index (χ1v) is 11.0. The van der Waals surface area contributed by atoms with Crippen molar-refractivity contribution in [1.29, 1.82) is 0 Å². The molecule has 0 aliphatic rings. The summed E-state index contributed by atoms with van der Waals surface area (Å²) >= 11 is 0. The standard InChI is InChI=1S/C24H24N2O3S/c1-17-4-6-20(7-5-17)8-13-24(27)25-21-9-11-23(12-10-21)30(28,29)26-22-15-18(2)14-19(3)16-22/h4-16,26H,1-3H3,(H,25,27). The van der Waals surface area contributed by atoms with Gasteiger partial charge in [0.25, 0.3) is 10.0 Å². The number of rotatable bonds is 6. The van der Waals surface area contributed by atoms with Crippen LogP contribution < -0.4 is 10.0 Å². The van der Waals surface area contributed by atoms with Crippen molar-refractivity contribution in [1.82, 2.24) is 0 Å². The Morgan fingerprint density at radius 2 is 1.37 bits per heavy atom. The normalized spacial score (nSPS) is 11.4. The zero-order valence-corrected chi connectivity index (χ0v) is 18.0. The third-order valence-corrected chi connectivity index (χ3v) is 5.81. The van der Waals surface area contributed by atoms with E-state index >= 15 is 0 Å². The van der Waals surface area contributed by atoms with Gasteiger partial charge in [-0.05, 0) is 79.9 Å². The SMILES string of the molecule is Cc1ccc(C=CC(=O)Nc2ccc(S(=O)(=O)Nc3cc(C)cc(C)c3)cc2)cc1. The molecule has 0 saturated carbocycles. The molecule has 30 heavy (non-hydrogen) atoms. The van der Waals surface area contributed by atoms with Crippen LogP contribution in [-0.4, -0.2) is 14.3 Å². The Labute approximate surface area is 177 Å². The summed E-state index contributed by atoms with van der Waals surface area (Å²) < 4.78 is 27.9. The van der Waals surface area contributed by atoms with Crippen LogP contribution >= 0.6 is 0 Å². The molecule has 1 amide bonds. The van der Waals surface area contributed by atoms with Crippen LogP contribution in [0.5, 0.6) is 0 Å². The van der Waals surface area contributed by atoms with E-state index in [9.17, 15) is 13.2 Å². The lowest BCUT2D eigenvalue weighted by Gasteiger charge is -2.10. The lowest BCUT2D eigenvalue weighted by Crippen LogP contribution is -2.13. The number of sulfonamides is 1. The van der Waals surface area contributed by atoms with Gasteiger partial charge in [0.05, 0.1) is 4.90 Å². The average molecular weight is 421 g/mol. The van der Waals surface area contributed by atoms with Crippen LogP contribution in [-0.2, 0) is 14.8 Å². The molecule has 154 valence electrons. The number of carbonyl (C=O) groups excluding carboxylic acids is 1. The van der Waals surface area contributed by atoms with Gasteiger partial charge >= 0.3 is 0 Å². The smallest absolute Gasteiger partial charge is 0.261 e. The van der Waals surface area contributed by atoms with E-state index in [1.54, 1.807) is 30.3 Å². The van der Waals surface area contributed by atoms with Crippen molar-refractivity contribution in [3.05, 3.63) is 95.1 Å². The second-order valence-corrected chi connectivity index (χ2v) is 8.92. The van der Waals surface area contributed by atoms with E-state index in [1.165, 1.54) is 18.2 Å². The predicted octanol–water partition coefficient (Wildman–Crippen LogP) is 5.06. The van der Waals surface area contributed by atoms with Gasteiger partial charge in [-0.1, -0.05) is 35.9 Å². The Bertz CT molecular complexity index is 1160. The number of carbonyl (C=O) groups is 1. The topological polar surface area (TPSA) is 75.3 Å². The van der Waals surface area contributed by atoms with Crippen LogP contribution in [0.4, 0.5) is 11.4 Å². The summed E-state index contributed by atoms with van der Waals surface area (Å²) in [5, 5.41) is 2.73. The minimum atomic E-state index is -3.72. The number of amides is 1. The average Bonchev–Trinajstić information content (AvgIpc) is 2.67. The summed E-state index contributed by atoms with van der Waals surface area (Å²) in [7, 11) is -3.72. The lowest BCUT2D eigenvalue weighted by molar-refractivity contribution is -0.111. The predicted molar refractivity (Wildman–Crippen MR) is 122 cm³/mol. The monoisotopic (exact) mass is 420 g/mol. The molecular weight excluding hydrogens is 396 g/mol. The molecule has 0 bridgehead atoms. The molecule has 0 atom stereocenters. The van der Waals surface area contributed by atoms with Crippen LogP contribution in [0.1, 0.15) is 22.3 Å². The Kier molecular flexibility index (Phi) is 6.37. The zero-order chi connectivity index (χ0) is 21.7. The molecule has 0 saturated heterocycles. The molecule has 3 aromatic carbocycles.